The Balaban J connectivity index is 1.71. The molecule has 1 aromatic carbocycles. The van der Waals surface area contributed by atoms with Gasteiger partial charge in [0, 0.05) is 5.54 Å². The van der Waals surface area contributed by atoms with E-state index in [1.54, 1.807) is 0 Å². The fourth-order valence-corrected chi connectivity index (χ4v) is 3.88. The summed E-state index contributed by atoms with van der Waals surface area (Å²) in [6, 6.07) is 5.46. The fourth-order valence-electron chi connectivity index (χ4n) is 3.88. The lowest BCUT2D eigenvalue weighted by molar-refractivity contribution is -0.128. The molecule has 4 N–H and O–H groups in total. The molecule has 2 amide bonds. The van der Waals surface area contributed by atoms with Gasteiger partial charge in [0.25, 0.3) is 5.91 Å². The van der Waals surface area contributed by atoms with Crippen LogP contribution in [0.25, 0.3) is 0 Å². The molecule has 6 nitrogen and oxygen atoms in total. The first-order valence-corrected chi connectivity index (χ1v) is 9.52. The molecule has 0 saturated heterocycles. The van der Waals surface area contributed by atoms with Crippen molar-refractivity contribution in [2.24, 2.45) is 11.7 Å². The van der Waals surface area contributed by atoms with E-state index in [1.807, 2.05) is 39.0 Å². The van der Waals surface area contributed by atoms with Crippen LogP contribution in [0, 0.1) is 5.92 Å². The Morgan fingerprint density at radius 2 is 2.23 bits per heavy atom. The summed E-state index contributed by atoms with van der Waals surface area (Å²) in [7, 11) is 0. The molecule has 3 rings (SSSR count). The van der Waals surface area contributed by atoms with Crippen molar-refractivity contribution >= 4 is 17.5 Å². The van der Waals surface area contributed by atoms with E-state index in [2.05, 4.69) is 10.6 Å². The molecule has 142 valence electrons. The Bertz CT molecular complexity index is 702. The van der Waals surface area contributed by atoms with E-state index in [1.165, 1.54) is 0 Å². The Morgan fingerprint density at radius 3 is 2.92 bits per heavy atom. The number of fused-ring (bicyclic) bond motifs is 1. The van der Waals surface area contributed by atoms with Crippen molar-refractivity contribution in [1.82, 2.24) is 5.32 Å². The standard InChI is InChI=1S/C20H29N3O3/c1-4-16-19(25)23-15-9-8-13(11-17(15)26-16)12(2)22-18(24)14-7-5-6-10-20(14,3)21/h8-9,11-12,14,16H,4-7,10,21H2,1-3H3,(H,22,24)(H,23,25). The predicted octanol–water partition coefficient (Wildman–Crippen LogP) is 2.88. The van der Waals surface area contributed by atoms with Crippen LogP contribution in [0.4, 0.5) is 5.69 Å². The molecule has 0 spiro atoms. The molecule has 0 aromatic heterocycles. The summed E-state index contributed by atoms with van der Waals surface area (Å²) in [5.41, 5.74) is 7.52. The fraction of sp³-hybridized carbons (Fsp3) is 0.600. The number of amides is 2. The van der Waals surface area contributed by atoms with Gasteiger partial charge in [-0.05, 0) is 50.8 Å². The quantitative estimate of drug-likeness (QED) is 0.770. The lowest BCUT2D eigenvalue weighted by atomic mass is 9.74. The van der Waals surface area contributed by atoms with Crippen molar-refractivity contribution in [3.05, 3.63) is 23.8 Å². The molecule has 4 atom stereocenters. The first kappa shape index (κ1) is 18.7. The Morgan fingerprint density at radius 1 is 1.46 bits per heavy atom. The summed E-state index contributed by atoms with van der Waals surface area (Å²) in [6.07, 6.45) is 3.98. The first-order chi connectivity index (χ1) is 12.3. The number of nitrogens with one attached hydrogen (secondary N) is 2. The molecular formula is C20H29N3O3. The second-order valence-corrected chi connectivity index (χ2v) is 7.79. The zero-order valence-corrected chi connectivity index (χ0v) is 15.8. The van der Waals surface area contributed by atoms with E-state index < -0.39 is 11.6 Å². The summed E-state index contributed by atoms with van der Waals surface area (Å²) in [5, 5.41) is 5.96. The molecule has 6 heteroatoms. The highest BCUT2D eigenvalue weighted by atomic mass is 16.5. The third-order valence-corrected chi connectivity index (χ3v) is 5.63. The van der Waals surface area contributed by atoms with Gasteiger partial charge in [0.2, 0.25) is 5.91 Å². The zero-order chi connectivity index (χ0) is 18.9. The number of anilines is 1. The predicted molar refractivity (Wildman–Crippen MR) is 101 cm³/mol. The van der Waals surface area contributed by atoms with Gasteiger partial charge in [-0.2, -0.15) is 0 Å². The topological polar surface area (TPSA) is 93.4 Å². The van der Waals surface area contributed by atoms with E-state index in [-0.39, 0.29) is 23.8 Å². The zero-order valence-electron chi connectivity index (χ0n) is 15.8. The van der Waals surface area contributed by atoms with Crippen molar-refractivity contribution in [1.29, 1.82) is 0 Å². The molecule has 26 heavy (non-hydrogen) atoms. The molecule has 1 aliphatic heterocycles. The highest BCUT2D eigenvalue weighted by molar-refractivity contribution is 5.97. The van der Waals surface area contributed by atoms with Gasteiger partial charge >= 0.3 is 0 Å². The second-order valence-electron chi connectivity index (χ2n) is 7.79. The number of nitrogens with two attached hydrogens (primary N) is 1. The minimum absolute atomic E-state index is 0.0144. The summed E-state index contributed by atoms with van der Waals surface area (Å²) in [4.78, 5) is 24.6. The molecular weight excluding hydrogens is 330 g/mol. The van der Waals surface area contributed by atoms with E-state index in [0.29, 0.717) is 17.9 Å². The van der Waals surface area contributed by atoms with Gasteiger partial charge in [-0.3, -0.25) is 9.59 Å². The van der Waals surface area contributed by atoms with Gasteiger partial charge in [0.1, 0.15) is 5.75 Å². The van der Waals surface area contributed by atoms with E-state index in [4.69, 9.17) is 10.5 Å². The smallest absolute Gasteiger partial charge is 0.265 e. The third-order valence-electron chi connectivity index (χ3n) is 5.63. The van der Waals surface area contributed by atoms with Crippen LogP contribution in [0.3, 0.4) is 0 Å². The highest BCUT2D eigenvalue weighted by Crippen LogP contribution is 2.34. The van der Waals surface area contributed by atoms with Crippen molar-refractivity contribution in [3.8, 4) is 5.75 Å². The van der Waals surface area contributed by atoms with Gasteiger partial charge < -0.3 is 21.1 Å². The number of ether oxygens (including phenoxy) is 1. The highest BCUT2D eigenvalue weighted by Gasteiger charge is 2.38. The van der Waals surface area contributed by atoms with Crippen LogP contribution in [-0.2, 0) is 9.59 Å². The normalized spacial score (nSPS) is 29.2. The second kappa shape index (κ2) is 7.27. The summed E-state index contributed by atoms with van der Waals surface area (Å²) in [5.74, 6) is 0.391. The lowest BCUT2D eigenvalue weighted by Crippen LogP contribution is -2.53. The third kappa shape index (κ3) is 3.70. The Hall–Kier alpha value is -2.08. The molecule has 1 saturated carbocycles. The number of benzene rings is 1. The van der Waals surface area contributed by atoms with Gasteiger partial charge in [0.05, 0.1) is 17.6 Å². The minimum atomic E-state index is -0.470. The number of carbonyl (C=O) groups is 2. The van der Waals surface area contributed by atoms with E-state index >= 15 is 0 Å². The molecule has 1 aromatic rings. The monoisotopic (exact) mass is 359 g/mol. The van der Waals surface area contributed by atoms with Crippen molar-refractivity contribution in [3.63, 3.8) is 0 Å². The van der Waals surface area contributed by atoms with Crippen LogP contribution >= 0.6 is 0 Å². The van der Waals surface area contributed by atoms with Gasteiger partial charge in [-0.1, -0.05) is 25.8 Å². The largest absolute Gasteiger partial charge is 0.478 e. The maximum absolute atomic E-state index is 12.7. The summed E-state index contributed by atoms with van der Waals surface area (Å²) < 4.78 is 5.79. The van der Waals surface area contributed by atoms with Crippen LogP contribution < -0.4 is 21.1 Å². The summed E-state index contributed by atoms with van der Waals surface area (Å²) in [6.45, 7) is 5.84. The van der Waals surface area contributed by atoms with Gasteiger partial charge in [-0.15, -0.1) is 0 Å². The Kier molecular flexibility index (Phi) is 5.23. The minimum Gasteiger partial charge on any atom is -0.478 e. The van der Waals surface area contributed by atoms with Crippen LogP contribution in [0.5, 0.6) is 5.75 Å². The van der Waals surface area contributed by atoms with Crippen LogP contribution in [0.1, 0.15) is 64.5 Å². The average molecular weight is 359 g/mol. The van der Waals surface area contributed by atoms with Gasteiger partial charge in [-0.25, -0.2) is 0 Å². The molecule has 0 radical (unpaired) electrons. The number of hydrogen-bond donors (Lipinski definition) is 3. The Labute approximate surface area is 154 Å². The van der Waals surface area contributed by atoms with Gasteiger partial charge in [0.15, 0.2) is 6.10 Å². The molecule has 2 aliphatic rings. The maximum Gasteiger partial charge on any atom is 0.265 e. The molecule has 1 fully saturated rings. The maximum atomic E-state index is 12.7. The number of hydrogen-bond acceptors (Lipinski definition) is 4. The lowest BCUT2D eigenvalue weighted by Gasteiger charge is -2.37. The van der Waals surface area contributed by atoms with E-state index in [0.717, 1.165) is 31.2 Å². The van der Waals surface area contributed by atoms with Crippen LogP contribution in [0.15, 0.2) is 18.2 Å². The summed E-state index contributed by atoms with van der Waals surface area (Å²) >= 11 is 0. The van der Waals surface area contributed by atoms with Crippen molar-refractivity contribution < 1.29 is 14.3 Å². The molecule has 1 aliphatic carbocycles. The molecule has 0 bridgehead atoms. The first-order valence-electron chi connectivity index (χ1n) is 9.52. The average Bonchev–Trinajstić information content (AvgIpc) is 2.60. The SMILES string of the molecule is CCC1Oc2cc(C(C)NC(=O)C3CCCCC3(C)N)ccc2NC1=O. The molecule has 1 heterocycles. The van der Waals surface area contributed by atoms with E-state index in [9.17, 15) is 9.59 Å². The van der Waals surface area contributed by atoms with Crippen LogP contribution in [0.2, 0.25) is 0 Å². The van der Waals surface area contributed by atoms with Crippen LogP contribution in [-0.4, -0.2) is 23.5 Å². The number of rotatable bonds is 4. The van der Waals surface area contributed by atoms with Crippen molar-refractivity contribution in [2.45, 2.75) is 70.6 Å². The molecule has 4 unspecified atom stereocenters. The number of carbonyl (C=O) groups excluding carboxylic acids is 2. The van der Waals surface area contributed by atoms with Crippen molar-refractivity contribution in [2.75, 3.05) is 5.32 Å².